The Labute approximate surface area is 148 Å². The normalized spacial score (nSPS) is 31.7. The number of thioether (sulfide) groups is 1. The average molecular weight is 347 g/mol. The highest BCUT2D eigenvalue weighted by atomic mass is 32.2. The molecule has 5 nitrogen and oxygen atoms in total. The van der Waals surface area contributed by atoms with Crippen molar-refractivity contribution in [2.75, 3.05) is 6.54 Å². The molecule has 24 heavy (non-hydrogen) atoms. The molecule has 130 valence electrons. The van der Waals surface area contributed by atoms with Crippen LogP contribution in [-0.4, -0.2) is 34.8 Å². The van der Waals surface area contributed by atoms with Gasteiger partial charge in [0.15, 0.2) is 0 Å². The van der Waals surface area contributed by atoms with Crippen molar-refractivity contribution in [1.29, 1.82) is 0 Å². The Morgan fingerprint density at radius 1 is 1.25 bits per heavy atom. The first-order chi connectivity index (χ1) is 11.4. The Morgan fingerprint density at radius 3 is 2.67 bits per heavy atom. The molecule has 3 aliphatic rings. The standard InChI is InChI=1S/C17H26BN3O2S/c1-16(2)17(3,4)23-18(22-16)14-8-7-13(24-14)12-10-20-15(21-12)11-6-5-9-19-11/h8,10-11,13,19H,5-7,9H2,1-4H3,(H,20,21). The summed E-state index contributed by atoms with van der Waals surface area (Å²) in [5.74, 6) is 1.08. The monoisotopic (exact) mass is 347 g/mol. The Morgan fingerprint density at radius 2 is 2.00 bits per heavy atom. The molecule has 2 fully saturated rings. The van der Waals surface area contributed by atoms with Gasteiger partial charge in [-0.2, -0.15) is 0 Å². The van der Waals surface area contributed by atoms with Gasteiger partial charge in [0.2, 0.25) is 0 Å². The van der Waals surface area contributed by atoms with E-state index in [4.69, 9.17) is 9.31 Å². The van der Waals surface area contributed by atoms with Crippen LogP contribution in [0.5, 0.6) is 0 Å². The quantitative estimate of drug-likeness (QED) is 0.820. The van der Waals surface area contributed by atoms with E-state index >= 15 is 0 Å². The molecule has 0 radical (unpaired) electrons. The minimum Gasteiger partial charge on any atom is -0.399 e. The van der Waals surface area contributed by atoms with Gasteiger partial charge in [-0.1, -0.05) is 6.08 Å². The molecule has 3 aliphatic heterocycles. The number of aromatic amines is 1. The highest BCUT2D eigenvalue weighted by Crippen LogP contribution is 2.48. The molecule has 7 heteroatoms. The maximum Gasteiger partial charge on any atom is 0.501 e. The lowest BCUT2D eigenvalue weighted by molar-refractivity contribution is 0.00578. The molecule has 2 saturated heterocycles. The second-order valence-electron chi connectivity index (χ2n) is 7.91. The molecule has 0 spiro atoms. The summed E-state index contributed by atoms with van der Waals surface area (Å²) in [4.78, 5) is 9.31. The van der Waals surface area contributed by atoms with Crippen LogP contribution in [0.1, 0.15) is 69.8 Å². The van der Waals surface area contributed by atoms with Crippen molar-refractivity contribution in [2.24, 2.45) is 0 Å². The lowest BCUT2D eigenvalue weighted by Crippen LogP contribution is -2.41. The molecule has 4 heterocycles. The first kappa shape index (κ1) is 16.7. The summed E-state index contributed by atoms with van der Waals surface area (Å²) in [7, 11) is -0.246. The molecule has 1 aromatic rings. The summed E-state index contributed by atoms with van der Waals surface area (Å²) in [6.45, 7) is 9.48. The number of allylic oxidation sites excluding steroid dienone is 1. The molecule has 4 rings (SSSR count). The smallest absolute Gasteiger partial charge is 0.399 e. The van der Waals surface area contributed by atoms with Crippen LogP contribution in [0.3, 0.4) is 0 Å². The van der Waals surface area contributed by atoms with Crippen molar-refractivity contribution < 1.29 is 9.31 Å². The third kappa shape index (κ3) is 2.85. The van der Waals surface area contributed by atoms with E-state index in [0.29, 0.717) is 11.3 Å². The van der Waals surface area contributed by atoms with Gasteiger partial charge in [-0.3, -0.25) is 0 Å². The Kier molecular flexibility index (Phi) is 4.11. The molecule has 0 amide bonds. The first-order valence-corrected chi connectivity index (χ1v) is 9.74. The Balaban J connectivity index is 1.41. The molecule has 1 aromatic heterocycles. The summed E-state index contributed by atoms with van der Waals surface area (Å²) in [6, 6.07) is 0.390. The summed E-state index contributed by atoms with van der Waals surface area (Å²) >= 11 is 1.84. The molecule has 0 aliphatic carbocycles. The third-order valence-corrected chi connectivity index (χ3v) is 7.01. The van der Waals surface area contributed by atoms with Crippen LogP contribution in [-0.2, 0) is 9.31 Å². The van der Waals surface area contributed by atoms with Gasteiger partial charge in [0, 0.05) is 16.7 Å². The van der Waals surface area contributed by atoms with Gasteiger partial charge in [0.25, 0.3) is 0 Å². The fourth-order valence-electron chi connectivity index (χ4n) is 3.40. The minimum atomic E-state index is -0.285. The second-order valence-corrected chi connectivity index (χ2v) is 9.19. The predicted molar refractivity (Wildman–Crippen MR) is 97.7 cm³/mol. The number of H-pyrrole nitrogens is 1. The van der Waals surface area contributed by atoms with Gasteiger partial charge in [-0.05, 0) is 53.5 Å². The van der Waals surface area contributed by atoms with Gasteiger partial charge >= 0.3 is 7.12 Å². The summed E-state index contributed by atoms with van der Waals surface area (Å²) < 4.78 is 12.3. The summed E-state index contributed by atoms with van der Waals surface area (Å²) in [5, 5.41) is 3.87. The van der Waals surface area contributed by atoms with Gasteiger partial charge in [-0.25, -0.2) is 4.98 Å². The lowest BCUT2D eigenvalue weighted by Gasteiger charge is -2.32. The van der Waals surface area contributed by atoms with Crippen molar-refractivity contribution in [1.82, 2.24) is 15.3 Å². The van der Waals surface area contributed by atoms with Crippen molar-refractivity contribution in [3.05, 3.63) is 28.6 Å². The fourth-order valence-corrected chi connectivity index (χ4v) is 4.56. The highest BCUT2D eigenvalue weighted by Gasteiger charge is 2.53. The number of nitrogens with zero attached hydrogens (tertiary/aromatic N) is 1. The number of rotatable bonds is 3. The van der Waals surface area contributed by atoms with Crippen LogP contribution in [0.25, 0.3) is 0 Å². The van der Waals surface area contributed by atoms with E-state index in [0.717, 1.165) is 18.8 Å². The van der Waals surface area contributed by atoms with E-state index in [1.807, 2.05) is 18.0 Å². The topological polar surface area (TPSA) is 59.2 Å². The van der Waals surface area contributed by atoms with Crippen molar-refractivity contribution >= 4 is 18.9 Å². The van der Waals surface area contributed by atoms with Crippen LogP contribution in [0, 0.1) is 0 Å². The van der Waals surface area contributed by atoms with E-state index in [1.54, 1.807) is 0 Å². The fraction of sp³-hybridized carbons (Fsp3) is 0.706. The zero-order valence-corrected chi connectivity index (χ0v) is 15.7. The van der Waals surface area contributed by atoms with Crippen LogP contribution in [0.2, 0.25) is 0 Å². The van der Waals surface area contributed by atoms with Crippen LogP contribution < -0.4 is 5.32 Å². The van der Waals surface area contributed by atoms with E-state index in [-0.39, 0.29) is 18.3 Å². The Bertz CT molecular complexity index is 636. The van der Waals surface area contributed by atoms with Gasteiger partial charge in [-0.15, -0.1) is 11.8 Å². The maximum absolute atomic E-state index is 6.17. The number of hydrogen-bond donors (Lipinski definition) is 2. The van der Waals surface area contributed by atoms with Crippen LogP contribution in [0.15, 0.2) is 17.1 Å². The predicted octanol–water partition coefficient (Wildman–Crippen LogP) is 3.53. The van der Waals surface area contributed by atoms with Crippen LogP contribution in [0.4, 0.5) is 0 Å². The molecular weight excluding hydrogens is 321 g/mol. The molecular formula is C17H26BN3O2S. The van der Waals surface area contributed by atoms with Crippen molar-refractivity contribution in [3.8, 4) is 0 Å². The van der Waals surface area contributed by atoms with Crippen molar-refractivity contribution in [3.63, 3.8) is 0 Å². The second kappa shape index (κ2) is 5.90. The molecule has 2 atom stereocenters. The van der Waals surface area contributed by atoms with Crippen LogP contribution >= 0.6 is 11.8 Å². The van der Waals surface area contributed by atoms with Gasteiger partial charge < -0.3 is 19.6 Å². The summed E-state index contributed by atoms with van der Waals surface area (Å²) in [5.41, 5.74) is 0.630. The number of hydrogen-bond acceptors (Lipinski definition) is 5. The first-order valence-electron chi connectivity index (χ1n) is 8.86. The van der Waals surface area contributed by atoms with Gasteiger partial charge in [0.05, 0.1) is 22.5 Å². The van der Waals surface area contributed by atoms with E-state index < -0.39 is 0 Å². The average Bonchev–Trinajstić information content (AvgIpc) is 3.26. The van der Waals surface area contributed by atoms with Crippen molar-refractivity contribution in [2.45, 2.75) is 69.5 Å². The lowest BCUT2D eigenvalue weighted by atomic mass is 9.89. The SMILES string of the molecule is CC1(C)OB(C2=CCC(c3cnc(C4CCCN4)[nH]3)S2)OC1(C)C. The maximum atomic E-state index is 6.17. The van der Waals surface area contributed by atoms with Gasteiger partial charge in [0.1, 0.15) is 5.82 Å². The zero-order chi connectivity index (χ0) is 16.9. The molecule has 0 bridgehead atoms. The molecule has 2 unspecified atom stereocenters. The van der Waals surface area contributed by atoms with E-state index in [2.05, 4.69) is 49.1 Å². The zero-order valence-electron chi connectivity index (χ0n) is 14.9. The molecule has 0 saturated carbocycles. The highest BCUT2D eigenvalue weighted by molar-refractivity contribution is 8.05. The van der Waals surface area contributed by atoms with E-state index in [9.17, 15) is 0 Å². The number of aromatic nitrogens is 2. The largest absolute Gasteiger partial charge is 0.501 e. The number of imidazole rings is 1. The van der Waals surface area contributed by atoms with E-state index in [1.165, 1.54) is 23.3 Å². The number of nitrogens with one attached hydrogen (secondary N) is 2. The minimum absolute atomic E-state index is 0.246. The third-order valence-electron chi connectivity index (χ3n) is 5.65. The summed E-state index contributed by atoms with van der Waals surface area (Å²) in [6.07, 6.45) is 7.64. The molecule has 2 N–H and O–H groups in total. The Hall–Kier alpha value is -0.755. The molecule has 0 aromatic carbocycles.